The summed E-state index contributed by atoms with van der Waals surface area (Å²) in [5, 5.41) is 5.52. The SMILES string of the molecule is C[Si]C.Cc1ccc(-c2cccc3[cH-]c(CC(C)C)cc23)c(C)c1C.Cc1ccc(-c2cccc3[cH-]c(CC(C)C)cc23)c(C)c1C.[Hf]. The molecule has 0 heterocycles. The first-order valence-electron chi connectivity index (χ1n) is 17.5. The third-order valence-corrected chi connectivity index (χ3v) is 9.61. The van der Waals surface area contributed by atoms with E-state index in [9.17, 15) is 0 Å². The molecule has 0 aliphatic carbocycles. The Labute approximate surface area is 313 Å². The molecule has 2 radical (unpaired) electrons. The van der Waals surface area contributed by atoms with Crippen LogP contribution in [0.15, 0.2) is 84.9 Å². The summed E-state index contributed by atoms with van der Waals surface area (Å²) >= 11 is 0. The van der Waals surface area contributed by atoms with Gasteiger partial charge in [0.25, 0.3) is 0 Å². The minimum absolute atomic E-state index is 0. The maximum atomic E-state index is 2.39. The van der Waals surface area contributed by atoms with Crippen LogP contribution < -0.4 is 0 Å². The van der Waals surface area contributed by atoms with Gasteiger partial charge in [-0.3, -0.25) is 0 Å². The number of hydrogen-bond acceptors (Lipinski definition) is 0. The summed E-state index contributed by atoms with van der Waals surface area (Å²) in [5.41, 5.74) is 16.8. The van der Waals surface area contributed by atoms with Crippen LogP contribution in [0.2, 0.25) is 13.1 Å². The Bertz CT molecular complexity index is 1800. The maximum Gasteiger partial charge on any atom is 0.0307 e. The largest absolute Gasteiger partial charge is 0.164 e. The molecule has 0 fully saturated rings. The van der Waals surface area contributed by atoms with Crippen LogP contribution >= 0.6 is 0 Å². The molecular weight excluding hydrogens is 759 g/mol. The van der Waals surface area contributed by atoms with Crippen LogP contribution in [0, 0.1) is 53.4 Å². The van der Waals surface area contributed by atoms with Crippen molar-refractivity contribution in [3.05, 3.63) is 129 Å². The van der Waals surface area contributed by atoms with Gasteiger partial charge in [-0.05, 0) is 111 Å². The minimum atomic E-state index is 0. The fourth-order valence-electron chi connectivity index (χ4n) is 6.74. The van der Waals surface area contributed by atoms with E-state index in [1.807, 2.05) is 0 Å². The van der Waals surface area contributed by atoms with Gasteiger partial charge < -0.3 is 0 Å². The van der Waals surface area contributed by atoms with Crippen molar-refractivity contribution in [2.75, 3.05) is 0 Å². The smallest absolute Gasteiger partial charge is 0.0307 e. The van der Waals surface area contributed by atoms with E-state index in [4.69, 9.17) is 0 Å². The van der Waals surface area contributed by atoms with Crippen molar-refractivity contribution >= 4 is 31.1 Å². The summed E-state index contributed by atoms with van der Waals surface area (Å²) < 4.78 is 0. The standard InChI is InChI=1S/2C22H25.C2H6Si.Hf/c2*1-14(2)11-18-12-19-7-6-8-21(22(19)13-18)20-10-9-15(3)16(4)17(20)5;1-3-2;/h2*6-10,12-14H,11H2,1-5H3;1-2H3;/q2*-1;;. The predicted octanol–water partition coefficient (Wildman–Crippen LogP) is 13.5. The fourth-order valence-corrected chi connectivity index (χ4v) is 6.74. The molecule has 0 atom stereocenters. The maximum absolute atomic E-state index is 2.39. The molecule has 0 unspecified atom stereocenters. The van der Waals surface area contributed by atoms with Crippen LogP contribution in [0.4, 0.5) is 0 Å². The van der Waals surface area contributed by atoms with E-state index < -0.39 is 0 Å². The zero-order valence-electron chi connectivity index (χ0n) is 31.7. The zero-order chi connectivity index (χ0) is 34.4. The van der Waals surface area contributed by atoms with Crippen molar-refractivity contribution in [2.24, 2.45) is 11.8 Å². The van der Waals surface area contributed by atoms with E-state index in [0.717, 1.165) is 22.4 Å². The monoisotopic (exact) mass is 816 g/mol. The molecule has 48 heavy (non-hydrogen) atoms. The van der Waals surface area contributed by atoms with Crippen LogP contribution in [-0.4, -0.2) is 9.52 Å². The van der Waals surface area contributed by atoms with Gasteiger partial charge in [0, 0.05) is 35.4 Å². The molecule has 0 aromatic heterocycles. The van der Waals surface area contributed by atoms with Crippen LogP contribution in [0.5, 0.6) is 0 Å². The van der Waals surface area contributed by atoms with Crippen molar-refractivity contribution in [2.45, 2.75) is 95.2 Å². The molecule has 6 rings (SSSR count). The number of fused-ring (bicyclic) bond motifs is 2. The molecule has 0 bridgehead atoms. The van der Waals surface area contributed by atoms with Crippen molar-refractivity contribution < 1.29 is 25.8 Å². The molecule has 0 aliphatic heterocycles. The number of hydrogen-bond donors (Lipinski definition) is 0. The van der Waals surface area contributed by atoms with Gasteiger partial charge in [0.15, 0.2) is 0 Å². The first kappa shape index (κ1) is 39.6. The minimum Gasteiger partial charge on any atom is -0.164 e. The van der Waals surface area contributed by atoms with Gasteiger partial charge in [-0.15, -0.1) is 69.1 Å². The predicted molar refractivity (Wildman–Crippen MR) is 213 cm³/mol. The van der Waals surface area contributed by atoms with E-state index in [1.54, 1.807) is 0 Å². The Hall–Kier alpha value is -2.81. The van der Waals surface area contributed by atoms with Crippen LogP contribution in [0.3, 0.4) is 0 Å². The molecule has 2 heteroatoms. The van der Waals surface area contributed by atoms with Crippen LogP contribution in [0.25, 0.3) is 43.8 Å². The van der Waals surface area contributed by atoms with E-state index in [0.29, 0.717) is 11.8 Å². The second kappa shape index (κ2) is 17.7. The van der Waals surface area contributed by atoms with Gasteiger partial charge in [0.05, 0.1) is 0 Å². The van der Waals surface area contributed by atoms with Gasteiger partial charge in [0.2, 0.25) is 0 Å². The van der Waals surface area contributed by atoms with Gasteiger partial charge >= 0.3 is 0 Å². The summed E-state index contributed by atoms with van der Waals surface area (Å²) in [6.45, 7) is 26.8. The average molecular weight is 816 g/mol. The Morgan fingerprint density at radius 1 is 0.500 bits per heavy atom. The van der Waals surface area contributed by atoms with Crippen molar-refractivity contribution in [1.29, 1.82) is 0 Å². The fraction of sp³-hybridized carbons (Fsp3) is 0.348. The van der Waals surface area contributed by atoms with Crippen molar-refractivity contribution in [1.82, 2.24) is 0 Å². The molecule has 6 aromatic carbocycles. The second-order valence-corrected chi connectivity index (χ2v) is 15.4. The Morgan fingerprint density at radius 2 is 0.854 bits per heavy atom. The van der Waals surface area contributed by atoms with Crippen molar-refractivity contribution in [3.63, 3.8) is 0 Å². The summed E-state index contributed by atoms with van der Waals surface area (Å²) in [6.07, 6.45) is 2.31. The molecule has 0 spiro atoms. The zero-order valence-corrected chi connectivity index (χ0v) is 36.2. The van der Waals surface area contributed by atoms with E-state index in [1.165, 1.54) is 88.3 Å². The van der Waals surface area contributed by atoms with Gasteiger partial charge in [-0.2, -0.15) is 12.1 Å². The molecule has 0 amide bonds. The third-order valence-electron chi connectivity index (χ3n) is 9.61. The second-order valence-electron chi connectivity index (χ2n) is 14.4. The van der Waals surface area contributed by atoms with Crippen LogP contribution in [0.1, 0.15) is 72.2 Å². The van der Waals surface area contributed by atoms with Gasteiger partial charge in [-0.1, -0.05) is 88.3 Å². The summed E-state index contributed by atoms with van der Waals surface area (Å²) in [4.78, 5) is 0. The number of rotatable bonds is 6. The number of aryl methyl sites for hydroxylation is 2. The third kappa shape index (κ3) is 9.24. The summed E-state index contributed by atoms with van der Waals surface area (Å²) in [5.74, 6) is 1.40. The Balaban J connectivity index is 0.000000236. The molecular formula is C46H56HfSi-2. The van der Waals surface area contributed by atoms with Crippen molar-refractivity contribution in [3.8, 4) is 22.3 Å². The van der Waals surface area contributed by atoms with E-state index in [2.05, 4.69) is 167 Å². The quantitative estimate of drug-likeness (QED) is 0.116. The number of benzene rings is 4. The molecule has 250 valence electrons. The van der Waals surface area contributed by atoms with E-state index in [-0.39, 0.29) is 25.8 Å². The summed E-state index contributed by atoms with van der Waals surface area (Å²) in [7, 11) is 1.08. The van der Waals surface area contributed by atoms with Gasteiger partial charge in [0.1, 0.15) is 0 Å². The molecule has 0 nitrogen and oxygen atoms in total. The first-order chi connectivity index (χ1) is 22.4. The van der Waals surface area contributed by atoms with Crippen LogP contribution in [-0.2, 0) is 38.7 Å². The normalized spacial score (nSPS) is 11.0. The molecule has 6 aromatic rings. The van der Waals surface area contributed by atoms with E-state index >= 15 is 0 Å². The molecule has 0 saturated heterocycles. The molecule has 0 N–H and O–H groups in total. The first-order valence-corrected chi connectivity index (χ1v) is 19.5. The topological polar surface area (TPSA) is 0 Å². The Morgan fingerprint density at radius 3 is 1.19 bits per heavy atom. The van der Waals surface area contributed by atoms with Gasteiger partial charge in [-0.25, -0.2) is 0 Å². The molecule has 0 saturated carbocycles. The average Bonchev–Trinajstić information content (AvgIpc) is 3.62. The summed E-state index contributed by atoms with van der Waals surface area (Å²) in [6, 6.07) is 31.9. The Kier molecular flexibility index (Phi) is 14.6. The molecule has 0 aliphatic rings.